The summed E-state index contributed by atoms with van der Waals surface area (Å²) in [6.07, 6.45) is 0. The van der Waals surface area contributed by atoms with Gasteiger partial charge in [-0.1, -0.05) is 6.92 Å². The fourth-order valence-corrected chi connectivity index (χ4v) is 2.52. The van der Waals surface area contributed by atoms with Crippen LogP contribution in [0.15, 0.2) is 22.6 Å². The van der Waals surface area contributed by atoms with E-state index in [1.54, 1.807) is 0 Å². The zero-order valence-electron chi connectivity index (χ0n) is 11.1. The molecule has 2 aromatic rings. The molecule has 1 aliphatic heterocycles. The molecule has 1 aromatic heterocycles. The number of aryl methyl sites for hydroxylation is 1. The van der Waals surface area contributed by atoms with Gasteiger partial charge in [-0.2, -0.15) is 0 Å². The van der Waals surface area contributed by atoms with Crippen LogP contribution >= 0.6 is 0 Å². The van der Waals surface area contributed by atoms with E-state index in [1.165, 1.54) is 0 Å². The molecule has 1 aliphatic rings. The van der Waals surface area contributed by atoms with Crippen molar-refractivity contribution in [2.45, 2.75) is 13.8 Å². The maximum Gasteiger partial charge on any atom is 0.229 e. The molecule has 1 saturated heterocycles. The second-order valence-corrected chi connectivity index (χ2v) is 5.15. The van der Waals surface area contributed by atoms with Crippen molar-refractivity contribution < 1.29 is 9.21 Å². The number of fused-ring (bicyclic) bond motifs is 1. The topological polar surface area (TPSA) is 67.2 Å². The smallest absolute Gasteiger partial charge is 0.229 e. The van der Waals surface area contributed by atoms with Crippen LogP contribution in [0.2, 0.25) is 0 Å². The van der Waals surface area contributed by atoms with Crippen LogP contribution in [0.3, 0.4) is 0 Å². The number of hydrogen-bond donors (Lipinski definition) is 2. The van der Waals surface area contributed by atoms with Gasteiger partial charge in [0.15, 0.2) is 11.5 Å². The Labute approximate surface area is 111 Å². The molecule has 1 amide bonds. The summed E-state index contributed by atoms with van der Waals surface area (Å²) < 4.78 is 5.41. The lowest BCUT2D eigenvalue weighted by atomic mass is 9.97. The summed E-state index contributed by atoms with van der Waals surface area (Å²) in [4.78, 5) is 16.4. The van der Waals surface area contributed by atoms with Gasteiger partial charge in [-0.15, -0.1) is 0 Å². The van der Waals surface area contributed by atoms with Crippen LogP contribution < -0.4 is 10.6 Å². The van der Waals surface area contributed by atoms with Crippen molar-refractivity contribution in [2.24, 2.45) is 11.8 Å². The SMILES string of the molecule is Cc1nc2cc(NC(=O)[C@@H]3CNC[C@H]3C)ccc2o1. The quantitative estimate of drug-likeness (QED) is 0.864. The van der Waals surface area contributed by atoms with Gasteiger partial charge in [0.2, 0.25) is 5.91 Å². The van der Waals surface area contributed by atoms with Gasteiger partial charge in [-0.3, -0.25) is 4.79 Å². The Morgan fingerprint density at radius 2 is 2.32 bits per heavy atom. The molecule has 0 saturated carbocycles. The molecule has 5 nitrogen and oxygen atoms in total. The molecule has 2 N–H and O–H groups in total. The van der Waals surface area contributed by atoms with Gasteiger partial charge in [0.05, 0.1) is 5.92 Å². The van der Waals surface area contributed by atoms with Gasteiger partial charge >= 0.3 is 0 Å². The van der Waals surface area contributed by atoms with E-state index in [2.05, 4.69) is 22.5 Å². The maximum atomic E-state index is 12.2. The summed E-state index contributed by atoms with van der Waals surface area (Å²) in [7, 11) is 0. The highest BCUT2D eigenvalue weighted by Crippen LogP contribution is 2.22. The van der Waals surface area contributed by atoms with Gasteiger partial charge in [0, 0.05) is 19.2 Å². The molecule has 1 fully saturated rings. The average Bonchev–Trinajstić information content (AvgIpc) is 2.93. The highest BCUT2D eigenvalue weighted by Gasteiger charge is 2.29. The largest absolute Gasteiger partial charge is 0.441 e. The molecular formula is C14H17N3O2. The Bertz CT molecular complexity index is 620. The Morgan fingerprint density at radius 1 is 1.47 bits per heavy atom. The van der Waals surface area contributed by atoms with Crippen LogP contribution in [0.1, 0.15) is 12.8 Å². The first-order chi connectivity index (χ1) is 9.13. The Kier molecular flexibility index (Phi) is 2.98. The third-order valence-electron chi connectivity index (χ3n) is 3.62. The first-order valence-electron chi connectivity index (χ1n) is 6.52. The highest BCUT2D eigenvalue weighted by molar-refractivity contribution is 5.94. The predicted molar refractivity (Wildman–Crippen MR) is 72.9 cm³/mol. The van der Waals surface area contributed by atoms with Crippen LogP contribution in [0.5, 0.6) is 0 Å². The standard InChI is InChI=1S/C14H17N3O2/c1-8-6-15-7-11(8)14(18)17-10-3-4-13-12(5-10)16-9(2)19-13/h3-5,8,11,15H,6-7H2,1-2H3,(H,17,18)/t8-,11-/m1/s1. The minimum absolute atomic E-state index is 0.0368. The van der Waals surface area contributed by atoms with Crippen molar-refractivity contribution in [1.82, 2.24) is 10.3 Å². The molecular weight excluding hydrogens is 242 g/mol. The molecule has 0 aliphatic carbocycles. The zero-order chi connectivity index (χ0) is 13.4. The van der Waals surface area contributed by atoms with E-state index in [-0.39, 0.29) is 11.8 Å². The number of hydrogen-bond acceptors (Lipinski definition) is 4. The molecule has 0 radical (unpaired) electrons. The molecule has 0 spiro atoms. The monoisotopic (exact) mass is 259 g/mol. The van der Waals surface area contributed by atoms with Gasteiger partial charge in [0.25, 0.3) is 0 Å². The zero-order valence-corrected chi connectivity index (χ0v) is 11.1. The minimum atomic E-state index is 0.0368. The van der Waals surface area contributed by atoms with Gasteiger partial charge in [0.1, 0.15) is 5.52 Å². The van der Waals surface area contributed by atoms with E-state index < -0.39 is 0 Å². The van der Waals surface area contributed by atoms with Crippen LogP contribution in [0.4, 0.5) is 5.69 Å². The van der Waals surface area contributed by atoms with Gasteiger partial charge in [-0.05, 0) is 30.7 Å². The molecule has 2 heterocycles. The highest BCUT2D eigenvalue weighted by atomic mass is 16.3. The fourth-order valence-electron chi connectivity index (χ4n) is 2.52. The number of aromatic nitrogens is 1. The van der Waals surface area contributed by atoms with E-state index >= 15 is 0 Å². The molecule has 5 heteroatoms. The van der Waals surface area contributed by atoms with Crippen LogP contribution in [0.25, 0.3) is 11.1 Å². The van der Waals surface area contributed by atoms with E-state index in [9.17, 15) is 4.79 Å². The third kappa shape index (κ3) is 2.33. The molecule has 3 rings (SSSR count). The number of anilines is 1. The molecule has 100 valence electrons. The first kappa shape index (κ1) is 12.2. The first-order valence-corrected chi connectivity index (χ1v) is 6.52. The molecule has 0 bridgehead atoms. The lowest BCUT2D eigenvalue weighted by Gasteiger charge is -2.14. The lowest BCUT2D eigenvalue weighted by Crippen LogP contribution is -2.27. The third-order valence-corrected chi connectivity index (χ3v) is 3.62. The summed E-state index contributed by atoms with van der Waals surface area (Å²) >= 11 is 0. The van der Waals surface area contributed by atoms with E-state index in [4.69, 9.17) is 4.42 Å². The fraction of sp³-hybridized carbons (Fsp3) is 0.429. The normalized spacial score (nSPS) is 22.8. The summed E-state index contributed by atoms with van der Waals surface area (Å²) in [6.45, 7) is 5.55. The number of rotatable bonds is 2. The second kappa shape index (κ2) is 4.66. The summed E-state index contributed by atoms with van der Waals surface area (Å²) in [5, 5.41) is 6.19. The molecule has 1 aromatic carbocycles. The minimum Gasteiger partial charge on any atom is -0.441 e. The predicted octanol–water partition coefficient (Wildman–Crippen LogP) is 1.93. The molecule has 19 heavy (non-hydrogen) atoms. The van der Waals surface area contributed by atoms with Gasteiger partial charge in [-0.25, -0.2) is 4.98 Å². The van der Waals surface area contributed by atoms with Crippen molar-refractivity contribution in [3.8, 4) is 0 Å². The van der Waals surface area contributed by atoms with Crippen molar-refractivity contribution in [3.63, 3.8) is 0 Å². The van der Waals surface area contributed by atoms with E-state index in [0.717, 1.165) is 29.9 Å². The summed E-state index contributed by atoms with van der Waals surface area (Å²) in [5.74, 6) is 1.11. The van der Waals surface area contributed by atoms with Crippen molar-refractivity contribution in [3.05, 3.63) is 24.1 Å². The van der Waals surface area contributed by atoms with E-state index in [1.807, 2.05) is 25.1 Å². The number of amides is 1. The summed E-state index contributed by atoms with van der Waals surface area (Å²) in [6, 6.07) is 5.52. The van der Waals surface area contributed by atoms with Gasteiger partial charge < -0.3 is 15.1 Å². The molecule has 0 unspecified atom stereocenters. The Morgan fingerprint density at radius 3 is 3.05 bits per heavy atom. The number of benzene rings is 1. The maximum absolute atomic E-state index is 12.2. The van der Waals surface area contributed by atoms with Crippen LogP contribution in [0, 0.1) is 18.8 Å². The van der Waals surface area contributed by atoms with Crippen LogP contribution in [-0.2, 0) is 4.79 Å². The van der Waals surface area contributed by atoms with Crippen molar-refractivity contribution in [1.29, 1.82) is 0 Å². The lowest BCUT2D eigenvalue weighted by molar-refractivity contribution is -0.120. The number of oxazole rings is 1. The average molecular weight is 259 g/mol. The van der Waals surface area contributed by atoms with Crippen LogP contribution in [-0.4, -0.2) is 24.0 Å². The number of nitrogens with zero attached hydrogens (tertiary/aromatic N) is 1. The number of carbonyl (C=O) groups is 1. The van der Waals surface area contributed by atoms with Crippen molar-refractivity contribution >= 4 is 22.7 Å². The summed E-state index contributed by atoms with van der Waals surface area (Å²) in [5.41, 5.74) is 2.28. The second-order valence-electron chi connectivity index (χ2n) is 5.15. The van der Waals surface area contributed by atoms with Crippen molar-refractivity contribution in [2.75, 3.05) is 18.4 Å². The Balaban J connectivity index is 1.79. The number of carbonyl (C=O) groups excluding carboxylic acids is 1. The Hall–Kier alpha value is -1.88. The number of nitrogens with one attached hydrogen (secondary N) is 2. The molecule has 2 atom stereocenters. The van der Waals surface area contributed by atoms with E-state index in [0.29, 0.717) is 11.8 Å².